The van der Waals surface area contributed by atoms with Crippen molar-refractivity contribution in [3.8, 4) is 11.5 Å². The summed E-state index contributed by atoms with van der Waals surface area (Å²) in [7, 11) is 4.39. The van der Waals surface area contributed by atoms with Crippen molar-refractivity contribution in [3.63, 3.8) is 0 Å². The smallest absolute Gasteiger partial charge is 0.337 e. The van der Waals surface area contributed by atoms with Gasteiger partial charge < -0.3 is 24.8 Å². The summed E-state index contributed by atoms with van der Waals surface area (Å²) in [6.07, 6.45) is 0.670. The molecule has 1 unspecified atom stereocenters. The van der Waals surface area contributed by atoms with Gasteiger partial charge in [0.2, 0.25) is 0 Å². The number of carbonyl (C=O) groups is 1. The number of urea groups is 1. The molecular weight excluding hydrogens is 427 g/mol. The first kappa shape index (κ1) is 22.8. The molecule has 0 bridgehead atoms. The van der Waals surface area contributed by atoms with Crippen LogP contribution in [-0.4, -0.2) is 68.4 Å². The number of aliphatic hydroxyl groups excluding tert-OH is 1. The Morgan fingerprint density at radius 3 is 2.55 bits per heavy atom. The van der Waals surface area contributed by atoms with Crippen LogP contribution in [-0.2, 0) is 6.42 Å². The summed E-state index contributed by atoms with van der Waals surface area (Å²) >= 11 is 0. The van der Waals surface area contributed by atoms with Gasteiger partial charge in [-0.05, 0) is 38.0 Å². The maximum absolute atomic E-state index is 15.6. The second-order valence-electron chi connectivity index (χ2n) is 8.29. The van der Waals surface area contributed by atoms with Crippen LogP contribution in [0.4, 0.5) is 14.9 Å². The normalized spacial score (nSPS) is 20.1. The number of fused-ring (bicyclic) bond motifs is 1. The lowest BCUT2D eigenvalue weighted by atomic mass is 9.93. The summed E-state index contributed by atoms with van der Waals surface area (Å²) in [4.78, 5) is 14.7. The van der Waals surface area contributed by atoms with E-state index in [2.05, 4.69) is 15.3 Å². The molecule has 0 radical (unpaired) electrons. The quantitative estimate of drug-likeness (QED) is 0.739. The molecular formula is C24H29FN4O4. The predicted octanol–water partition coefficient (Wildman–Crippen LogP) is 2.75. The van der Waals surface area contributed by atoms with E-state index in [1.807, 2.05) is 31.2 Å². The minimum Gasteiger partial charge on any atom is -0.493 e. The van der Waals surface area contributed by atoms with Gasteiger partial charge in [-0.25, -0.2) is 14.2 Å². The molecule has 2 heterocycles. The second-order valence-corrected chi connectivity index (χ2v) is 8.29. The molecule has 4 rings (SSSR count). The Labute approximate surface area is 192 Å². The van der Waals surface area contributed by atoms with Crippen molar-refractivity contribution < 1.29 is 23.8 Å². The second kappa shape index (κ2) is 9.27. The van der Waals surface area contributed by atoms with Gasteiger partial charge in [-0.1, -0.05) is 12.1 Å². The first-order valence-corrected chi connectivity index (χ1v) is 10.9. The third-order valence-corrected chi connectivity index (χ3v) is 6.18. The number of halogens is 1. The zero-order chi connectivity index (χ0) is 23.7. The number of benzene rings is 2. The first-order valence-electron chi connectivity index (χ1n) is 10.9. The lowest BCUT2D eigenvalue weighted by Gasteiger charge is -2.22. The lowest BCUT2D eigenvalue weighted by Crippen LogP contribution is -2.41. The summed E-state index contributed by atoms with van der Waals surface area (Å²) < 4.78 is 26.2. The molecule has 1 saturated heterocycles. The van der Waals surface area contributed by atoms with Crippen LogP contribution in [0.3, 0.4) is 0 Å². The van der Waals surface area contributed by atoms with Gasteiger partial charge in [0.05, 0.1) is 32.1 Å². The molecule has 0 spiro atoms. The molecule has 2 aromatic rings. The number of β-amino-alcohol motifs (C(OH)–C–C–N with tert-alkyl or cyclic N) is 1. The van der Waals surface area contributed by atoms with Crippen LogP contribution < -0.4 is 19.7 Å². The van der Waals surface area contributed by atoms with Crippen molar-refractivity contribution in [2.75, 3.05) is 39.3 Å². The molecule has 176 valence electrons. The SMILES string of the molecule is CNC(=O)N1N=C(c2ccc(N3CC[C@H](O)C3)cc2)c2cc(OC)c(OC)c(F)c2CC1C. The third kappa shape index (κ3) is 4.20. The maximum atomic E-state index is 15.6. The third-order valence-electron chi connectivity index (χ3n) is 6.18. The molecule has 2 amide bonds. The number of anilines is 1. The van der Waals surface area contributed by atoms with Crippen molar-refractivity contribution in [1.82, 2.24) is 10.3 Å². The van der Waals surface area contributed by atoms with E-state index in [1.165, 1.54) is 26.3 Å². The van der Waals surface area contributed by atoms with E-state index in [4.69, 9.17) is 9.47 Å². The van der Waals surface area contributed by atoms with Gasteiger partial charge >= 0.3 is 6.03 Å². The molecule has 9 heteroatoms. The average Bonchev–Trinajstić information content (AvgIpc) is 3.20. The van der Waals surface area contributed by atoms with E-state index < -0.39 is 5.82 Å². The number of rotatable bonds is 4. The van der Waals surface area contributed by atoms with Crippen molar-refractivity contribution in [2.45, 2.75) is 31.9 Å². The highest BCUT2D eigenvalue weighted by atomic mass is 19.1. The van der Waals surface area contributed by atoms with Gasteiger partial charge in [-0.3, -0.25) is 0 Å². The van der Waals surface area contributed by atoms with Crippen molar-refractivity contribution in [2.24, 2.45) is 5.10 Å². The zero-order valence-corrected chi connectivity index (χ0v) is 19.3. The number of hydrogen-bond acceptors (Lipinski definition) is 6. The minimum atomic E-state index is -0.521. The fourth-order valence-electron chi connectivity index (χ4n) is 4.42. The number of carbonyl (C=O) groups excluding carboxylic acids is 1. The van der Waals surface area contributed by atoms with E-state index >= 15 is 4.39 Å². The topological polar surface area (TPSA) is 86.6 Å². The predicted molar refractivity (Wildman–Crippen MR) is 124 cm³/mol. The highest BCUT2D eigenvalue weighted by molar-refractivity contribution is 6.14. The molecule has 2 aliphatic rings. The van der Waals surface area contributed by atoms with Gasteiger partial charge in [0.15, 0.2) is 17.3 Å². The van der Waals surface area contributed by atoms with E-state index in [9.17, 15) is 9.90 Å². The van der Waals surface area contributed by atoms with Gasteiger partial charge in [-0.15, -0.1) is 0 Å². The van der Waals surface area contributed by atoms with Crippen LogP contribution in [0.1, 0.15) is 30.0 Å². The largest absolute Gasteiger partial charge is 0.493 e. The number of nitrogens with one attached hydrogen (secondary N) is 1. The van der Waals surface area contributed by atoms with Crippen LogP contribution in [0, 0.1) is 5.82 Å². The number of aliphatic hydroxyl groups is 1. The highest BCUT2D eigenvalue weighted by Crippen LogP contribution is 2.38. The summed E-state index contributed by atoms with van der Waals surface area (Å²) in [5, 5.41) is 18.5. The van der Waals surface area contributed by atoms with Crippen LogP contribution in [0.15, 0.2) is 35.4 Å². The monoisotopic (exact) mass is 456 g/mol. The Morgan fingerprint density at radius 2 is 1.97 bits per heavy atom. The number of amides is 2. The van der Waals surface area contributed by atoms with Crippen molar-refractivity contribution in [3.05, 3.63) is 52.8 Å². The van der Waals surface area contributed by atoms with E-state index in [0.29, 0.717) is 23.4 Å². The summed E-state index contributed by atoms with van der Waals surface area (Å²) in [5.74, 6) is -0.239. The molecule has 0 saturated carbocycles. The number of ether oxygens (including phenoxy) is 2. The Hall–Kier alpha value is -3.33. The standard InChI is InChI=1S/C24H29FN4O4/c1-14-11-18-19(12-20(32-3)23(33-4)21(18)25)22(27-29(14)24(31)26-2)15-5-7-16(8-6-15)28-10-9-17(30)13-28/h5-8,12,14,17,30H,9-11,13H2,1-4H3,(H,26,31)/t14?,17-/m0/s1. The van der Waals surface area contributed by atoms with Crippen molar-refractivity contribution in [1.29, 1.82) is 0 Å². The zero-order valence-electron chi connectivity index (χ0n) is 19.3. The molecule has 2 aromatic carbocycles. The molecule has 1 fully saturated rings. The Morgan fingerprint density at radius 1 is 1.24 bits per heavy atom. The molecule has 0 aliphatic carbocycles. The van der Waals surface area contributed by atoms with Gasteiger partial charge in [0, 0.05) is 42.5 Å². The molecule has 2 N–H and O–H groups in total. The number of nitrogens with zero attached hydrogens (tertiary/aromatic N) is 3. The van der Waals surface area contributed by atoms with Crippen LogP contribution in [0.5, 0.6) is 11.5 Å². The van der Waals surface area contributed by atoms with E-state index in [1.54, 1.807) is 6.07 Å². The first-order chi connectivity index (χ1) is 15.9. The van der Waals surface area contributed by atoms with E-state index in [0.717, 1.165) is 24.2 Å². The number of methoxy groups -OCH3 is 2. The number of hydrazone groups is 1. The Balaban J connectivity index is 1.85. The average molecular weight is 457 g/mol. The molecule has 2 aliphatic heterocycles. The summed E-state index contributed by atoms with van der Waals surface area (Å²) in [5.41, 5.74) is 3.14. The minimum absolute atomic E-state index is 0.0270. The van der Waals surface area contributed by atoms with Crippen LogP contribution >= 0.6 is 0 Å². The van der Waals surface area contributed by atoms with Crippen LogP contribution in [0.2, 0.25) is 0 Å². The summed E-state index contributed by atoms with van der Waals surface area (Å²) in [6, 6.07) is 8.64. The maximum Gasteiger partial charge on any atom is 0.337 e. The van der Waals surface area contributed by atoms with Gasteiger partial charge in [0.25, 0.3) is 0 Å². The van der Waals surface area contributed by atoms with Gasteiger partial charge in [0.1, 0.15) is 0 Å². The highest BCUT2D eigenvalue weighted by Gasteiger charge is 2.31. The molecule has 0 aromatic heterocycles. The van der Waals surface area contributed by atoms with Crippen LogP contribution in [0.25, 0.3) is 0 Å². The van der Waals surface area contributed by atoms with Crippen molar-refractivity contribution >= 4 is 17.4 Å². The fraction of sp³-hybridized carbons (Fsp3) is 0.417. The molecule has 8 nitrogen and oxygen atoms in total. The fourth-order valence-corrected chi connectivity index (χ4v) is 4.42. The van der Waals surface area contributed by atoms with Gasteiger partial charge in [-0.2, -0.15) is 5.10 Å². The Kier molecular flexibility index (Phi) is 6.42. The molecule has 2 atom stereocenters. The lowest BCUT2D eigenvalue weighted by molar-refractivity contribution is 0.184. The number of hydrogen-bond donors (Lipinski definition) is 2. The summed E-state index contributed by atoms with van der Waals surface area (Å²) in [6.45, 7) is 3.20. The molecule has 33 heavy (non-hydrogen) atoms. The van der Waals surface area contributed by atoms with E-state index in [-0.39, 0.29) is 36.1 Å². The Bertz CT molecular complexity index is 1070.